The molecule has 0 aliphatic carbocycles. The van der Waals surface area contributed by atoms with Crippen LogP contribution in [0.15, 0.2) is 71.1 Å². The van der Waals surface area contributed by atoms with E-state index in [0.717, 1.165) is 16.7 Å². The average Bonchev–Trinajstić information content (AvgIpc) is 3.11. The Morgan fingerprint density at radius 3 is 2.59 bits per heavy atom. The molecule has 0 fully saturated rings. The van der Waals surface area contributed by atoms with Crippen LogP contribution in [0.2, 0.25) is 0 Å². The minimum atomic E-state index is -0.262. The van der Waals surface area contributed by atoms with Crippen molar-refractivity contribution in [3.63, 3.8) is 0 Å². The van der Waals surface area contributed by atoms with Gasteiger partial charge in [0.15, 0.2) is 0 Å². The fourth-order valence-electron chi connectivity index (χ4n) is 2.87. The van der Waals surface area contributed by atoms with Gasteiger partial charge < -0.3 is 5.32 Å². The van der Waals surface area contributed by atoms with Gasteiger partial charge in [0.25, 0.3) is 5.56 Å². The van der Waals surface area contributed by atoms with E-state index in [9.17, 15) is 9.59 Å². The molecule has 2 aromatic heterocycles. The van der Waals surface area contributed by atoms with E-state index >= 15 is 0 Å². The number of benzene rings is 2. The van der Waals surface area contributed by atoms with Gasteiger partial charge in [0, 0.05) is 16.6 Å². The van der Waals surface area contributed by atoms with Gasteiger partial charge in [0.2, 0.25) is 5.91 Å². The Bertz CT molecular complexity index is 1160. The Labute approximate surface area is 159 Å². The molecule has 0 bridgehead atoms. The zero-order valence-electron chi connectivity index (χ0n) is 14.7. The molecule has 4 aromatic rings. The van der Waals surface area contributed by atoms with Crippen LogP contribution in [0.25, 0.3) is 21.3 Å². The molecule has 6 heteroatoms. The summed E-state index contributed by atoms with van der Waals surface area (Å²) in [6, 6.07) is 17.4. The maximum Gasteiger partial charge on any atom is 0.271 e. The number of hydrogen-bond acceptors (Lipinski definition) is 4. The summed E-state index contributed by atoms with van der Waals surface area (Å²) in [5, 5.41) is 4.74. The second kappa shape index (κ2) is 7.17. The fraction of sp³-hybridized carbons (Fsp3) is 0.0952. The first-order chi connectivity index (χ1) is 13.1. The Kier molecular flexibility index (Phi) is 4.56. The number of carbonyl (C=O) groups excluding carboxylic acids is 1. The summed E-state index contributed by atoms with van der Waals surface area (Å²) in [5.74, 6) is -0.262. The summed E-state index contributed by atoms with van der Waals surface area (Å²) >= 11 is 1.35. The van der Waals surface area contributed by atoms with Crippen LogP contribution in [0.4, 0.5) is 5.69 Å². The number of amides is 1. The van der Waals surface area contributed by atoms with Crippen molar-refractivity contribution in [2.45, 2.75) is 13.5 Å². The standard InChI is InChI=1S/C21H17N3O2S/c1-14-7-9-16(10-8-14)23-18(25)11-24-13-22-19-17(12-27-20(19)21(24)26)15-5-3-2-4-6-15/h2-10,12-13H,11H2,1H3,(H,23,25). The molecule has 4 rings (SSSR count). The van der Waals surface area contributed by atoms with Crippen LogP contribution in [-0.2, 0) is 11.3 Å². The first kappa shape index (κ1) is 17.2. The van der Waals surface area contributed by atoms with Gasteiger partial charge >= 0.3 is 0 Å². The second-order valence-electron chi connectivity index (χ2n) is 6.28. The van der Waals surface area contributed by atoms with Crippen LogP contribution >= 0.6 is 11.3 Å². The van der Waals surface area contributed by atoms with Crippen molar-refractivity contribution in [3.8, 4) is 11.1 Å². The average molecular weight is 375 g/mol. The number of carbonyl (C=O) groups is 1. The van der Waals surface area contributed by atoms with Crippen molar-refractivity contribution in [1.82, 2.24) is 9.55 Å². The zero-order valence-corrected chi connectivity index (χ0v) is 15.5. The minimum Gasteiger partial charge on any atom is -0.325 e. The molecule has 0 saturated heterocycles. The lowest BCUT2D eigenvalue weighted by Gasteiger charge is -2.08. The number of anilines is 1. The number of nitrogens with zero attached hydrogens (tertiary/aromatic N) is 2. The van der Waals surface area contributed by atoms with Gasteiger partial charge in [-0.3, -0.25) is 14.2 Å². The van der Waals surface area contributed by atoms with E-state index in [2.05, 4.69) is 10.3 Å². The predicted octanol–water partition coefficient (Wildman–Crippen LogP) is 4.07. The SMILES string of the molecule is Cc1ccc(NC(=O)Cn2cnc3c(-c4ccccc4)csc3c2=O)cc1. The minimum absolute atomic E-state index is 0.0752. The van der Waals surface area contributed by atoms with Crippen LogP contribution < -0.4 is 10.9 Å². The van der Waals surface area contributed by atoms with Gasteiger partial charge in [-0.15, -0.1) is 11.3 Å². The van der Waals surface area contributed by atoms with E-state index in [0.29, 0.717) is 15.9 Å². The summed E-state index contributed by atoms with van der Waals surface area (Å²) in [6.07, 6.45) is 1.44. The zero-order chi connectivity index (χ0) is 18.8. The molecule has 1 amide bonds. The Morgan fingerprint density at radius 2 is 1.85 bits per heavy atom. The molecule has 0 aliphatic rings. The van der Waals surface area contributed by atoms with E-state index in [1.807, 2.05) is 66.9 Å². The highest BCUT2D eigenvalue weighted by atomic mass is 32.1. The van der Waals surface area contributed by atoms with Crippen LogP contribution in [-0.4, -0.2) is 15.5 Å². The molecule has 0 aliphatic heterocycles. The molecule has 0 spiro atoms. The van der Waals surface area contributed by atoms with E-state index in [4.69, 9.17) is 0 Å². The molecular weight excluding hydrogens is 358 g/mol. The van der Waals surface area contributed by atoms with Crippen LogP contribution in [0.1, 0.15) is 5.56 Å². The van der Waals surface area contributed by atoms with Crippen molar-refractivity contribution in [2.24, 2.45) is 0 Å². The highest BCUT2D eigenvalue weighted by molar-refractivity contribution is 7.17. The van der Waals surface area contributed by atoms with E-state index < -0.39 is 0 Å². The Morgan fingerprint density at radius 1 is 1.11 bits per heavy atom. The molecule has 0 unspecified atom stereocenters. The molecule has 2 heterocycles. The van der Waals surface area contributed by atoms with Gasteiger partial charge in [-0.1, -0.05) is 48.0 Å². The number of rotatable bonds is 4. The number of nitrogens with one attached hydrogen (secondary N) is 1. The third-order valence-electron chi connectivity index (χ3n) is 4.28. The van der Waals surface area contributed by atoms with Crippen molar-refractivity contribution >= 4 is 33.1 Å². The van der Waals surface area contributed by atoms with E-state index in [-0.39, 0.29) is 18.0 Å². The number of fused-ring (bicyclic) bond motifs is 1. The number of aromatic nitrogens is 2. The Hall–Kier alpha value is -3.25. The molecule has 134 valence electrons. The van der Waals surface area contributed by atoms with Gasteiger partial charge in [-0.25, -0.2) is 4.98 Å². The molecule has 0 radical (unpaired) electrons. The van der Waals surface area contributed by atoms with E-state index in [1.165, 1.54) is 22.2 Å². The third kappa shape index (κ3) is 3.52. The van der Waals surface area contributed by atoms with Crippen LogP contribution in [0.3, 0.4) is 0 Å². The predicted molar refractivity (Wildman–Crippen MR) is 109 cm³/mol. The largest absolute Gasteiger partial charge is 0.325 e. The Balaban J connectivity index is 1.60. The molecule has 27 heavy (non-hydrogen) atoms. The van der Waals surface area contributed by atoms with E-state index in [1.54, 1.807) is 0 Å². The van der Waals surface area contributed by atoms with Gasteiger partial charge in [0.05, 0.1) is 11.8 Å². The smallest absolute Gasteiger partial charge is 0.271 e. The molecular formula is C21H17N3O2S. The van der Waals surface area contributed by atoms with Gasteiger partial charge in [-0.05, 0) is 24.6 Å². The molecule has 2 aromatic carbocycles. The summed E-state index contributed by atoms with van der Waals surface area (Å²) in [4.78, 5) is 29.5. The first-order valence-electron chi connectivity index (χ1n) is 8.50. The molecule has 5 nitrogen and oxygen atoms in total. The molecule has 1 N–H and O–H groups in total. The summed E-state index contributed by atoms with van der Waals surface area (Å²) < 4.78 is 1.90. The number of aryl methyl sites for hydroxylation is 1. The van der Waals surface area contributed by atoms with Crippen LogP contribution in [0.5, 0.6) is 0 Å². The van der Waals surface area contributed by atoms with Crippen molar-refractivity contribution < 1.29 is 4.79 Å². The van der Waals surface area contributed by atoms with Crippen molar-refractivity contribution in [1.29, 1.82) is 0 Å². The highest BCUT2D eigenvalue weighted by Gasteiger charge is 2.14. The molecule has 0 saturated carbocycles. The quantitative estimate of drug-likeness (QED) is 0.585. The second-order valence-corrected chi connectivity index (χ2v) is 7.16. The maximum atomic E-state index is 12.8. The lowest BCUT2D eigenvalue weighted by atomic mass is 10.1. The van der Waals surface area contributed by atoms with Crippen molar-refractivity contribution in [2.75, 3.05) is 5.32 Å². The van der Waals surface area contributed by atoms with Crippen molar-refractivity contribution in [3.05, 3.63) is 82.2 Å². The number of hydrogen-bond donors (Lipinski definition) is 1. The third-order valence-corrected chi connectivity index (χ3v) is 5.24. The summed E-state index contributed by atoms with van der Waals surface area (Å²) in [5.41, 5.74) is 4.24. The van der Waals surface area contributed by atoms with Crippen LogP contribution in [0, 0.1) is 6.92 Å². The molecule has 0 atom stereocenters. The normalized spacial score (nSPS) is 10.9. The monoisotopic (exact) mass is 375 g/mol. The lowest BCUT2D eigenvalue weighted by Crippen LogP contribution is -2.27. The van der Waals surface area contributed by atoms with Gasteiger partial charge in [0.1, 0.15) is 11.2 Å². The number of thiophene rings is 1. The summed E-state index contributed by atoms with van der Waals surface area (Å²) in [7, 11) is 0. The maximum absolute atomic E-state index is 12.8. The van der Waals surface area contributed by atoms with Gasteiger partial charge in [-0.2, -0.15) is 0 Å². The summed E-state index contributed by atoms with van der Waals surface area (Å²) in [6.45, 7) is 1.91. The highest BCUT2D eigenvalue weighted by Crippen LogP contribution is 2.30. The fourth-order valence-corrected chi connectivity index (χ4v) is 3.84. The lowest BCUT2D eigenvalue weighted by molar-refractivity contribution is -0.116. The topological polar surface area (TPSA) is 64.0 Å². The first-order valence-corrected chi connectivity index (χ1v) is 9.38.